The van der Waals surface area contributed by atoms with E-state index in [0.717, 1.165) is 0 Å². The van der Waals surface area contributed by atoms with E-state index in [2.05, 4.69) is 4.72 Å². The highest BCUT2D eigenvalue weighted by molar-refractivity contribution is 7.89. The smallest absolute Gasteiger partial charge is 0.212 e. The summed E-state index contributed by atoms with van der Waals surface area (Å²) in [5, 5.41) is 9.85. The molecular weight excluding hydrogens is 250 g/mol. The van der Waals surface area contributed by atoms with Crippen molar-refractivity contribution in [2.45, 2.75) is 45.8 Å². The molecule has 2 N–H and O–H groups in total. The minimum Gasteiger partial charge on any atom is -0.389 e. The first-order valence-corrected chi connectivity index (χ1v) is 7.40. The number of aliphatic hydroxyl groups is 1. The molecular formula is C10H22ClNO3S. The SMILES string of the molecule is CC(CCl)CS(=O)(=O)NC(C)(C)C(C)(C)O. The van der Waals surface area contributed by atoms with Crippen LogP contribution in [0.25, 0.3) is 0 Å². The summed E-state index contributed by atoms with van der Waals surface area (Å²) in [6.07, 6.45) is 0. The fourth-order valence-electron chi connectivity index (χ4n) is 0.974. The highest BCUT2D eigenvalue weighted by Gasteiger charge is 2.38. The molecule has 0 saturated carbocycles. The first kappa shape index (κ1) is 16.2. The Hall–Kier alpha value is 0.160. The molecule has 0 aliphatic rings. The lowest BCUT2D eigenvalue weighted by molar-refractivity contribution is 0.00636. The van der Waals surface area contributed by atoms with Crippen LogP contribution in [0.1, 0.15) is 34.6 Å². The number of rotatable bonds is 6. The second-order valence-electron chi connectivity index (χ2n) is 5.33. The van der Waals surface area contributed by atoms with E-state index in [1.54, 1.807) is 34.6 Å². The number of sulfonamides is 1. The monoisotopic (exact) mass is 271 g/mol. The fourth-order valence-corrected chi connectivity index (χ4v) is 3.19. The van der Waals surface area contributed by atoms with Crippen molar-refractivity contribution in [1.29, 1.82) is 0 Å². The van der Waals surface area contributed by atoms with Crippen LogP contribution in [0.4, 0.5) is 0 Å². The van der Waals surface area contributed by atoms with Crippen molar-refractivity contribution in [3.05, 3.63) is 0 Å². The standard InChI is InChI=1S/C10H22ClNO3S/c1-8(6-11)7-16(14,15)12-9(2,3)10(4,5)13/h8,12-13H,6-7H2,1-5H3. The Morgan fingerprint density at radius 2 is 1.75 bits per heavy atom. The van der Waals surface area contributed by atoms with E-state index < -0.39 is 21.2 Å². The van der Waals surface area contributed by atoms with E-state index in [-0.39, 0.29) is 11.7 Å². The first-order chi connectivity index (χ1) is 6.91. The minimum absolute atomic E-state index is 0.0317. The van der Waals surface area contributed by atoms with Gasteiger partial charge in [-0.3, -0.25) is 0 Å². The van der Waals surface area contributed by atoms with Crippen molar-refractivity contribution in [2.75, 3.05) is 11.6 Å². The fraction of sp³-hybridized carbons (Fsp3) is 1.00. The molecule has 1 unspecified atom stereocenters. The molecule has 1 atom stereocenters. The predicted octanol–water partition coefficient (Wildman–Crippen LogP) is 1.33. The molecule has 0 aromatic carbocycles. The van der Waals surface area contributed by atoms with Gasteiger partial charge < -0.3 is 5.11 Å². The summed E-state index contributed by atoms with van der Waals surface area (Å²) in [5.41, 5.74) is -2.05. The van der Waals surface area contributed by atoms with Crippen LogP contribution in [0.2, 0.25) is 0 Å². The van der Waals surface area contributed by atoms with Crippen LogP contribution >= 0.6 is 11.6 Å². The Bertz CT molecular complexity index is 319. The Kier molecular flexibility index (Phi) is 5.26. The van der Waals surface area contributed by atoms with Crippen molar-refractivity contribution >= 4 is 21.6 Å². The second-order valence-corrected chi connectivity index (χ2v) is 7.40. The van der Waals surface area contributed by atoms with E-state index in [1.807, 2.05) is 0 Å². The predicted molar refractivity (Wildman–Crippen MR) is 67.2 cm³/mol. The van der Waals surface area contributed by atoms with Gasteiger partial charge in [-0.1, -0.05) is 6.92 Å². The van der Waals surface area contributed by atoms with Gasteiger partial charge in [-0.25, -0.2) is 13.1 Å². The Morgan fingerprint density at radius 3 is 2.06 bits per heavy atom. The van der Waals surface area contributed by atoms with Crippen LogP contribution < -0.4 is 4.72 Å². The minimum atomic E-state index is -3.43. The van der Waals surface area contributed by atoms with Gasteiger partial charge in [-0.2, -0.15) is 0 Å². The van der Waals surface area contributed by atoms with Crippen LogP contribution in [0.3, 0.4) is 0 Å². The summed E-state index contributed by atoms with van der Waals surface area (Å²) < 4.78 is 26.1. The molecule has 16 heavy (non-hydrogen) atoms. The van der Waals surface area contributed by atoms with E-state index in [9.17, 15) is 13.5 Å². The topological polar surface area (TPSA) is 66.4 Å². The van der Waals surface area contributed by atoms with Gasteiger partial charge in [0.2, 0.25) is 10.0 Å². The number of nitrogens with one attached hydrogen (secondary N) is 1. The molecule has 6 heteroatoms. The summed E-state index contributed by atoms with van der Waals surface area (Å²) >= 11 is 5.58. The third-order valence-corrected chi connectivity index (χ3v) is 5.06. The first-order valence-electron chi connectivity index (χ1n) is 5.21. The molecule has 0 heterocycles. The molecule has 98 valence electrons. The number of alkyl halides is 1. The van der Waals surface area contributed by atoms with Gasteiger partial charge in [0, 0.05) is 5.88 Å². The molecule has 0 spiro atoms. The zero-order chi connectivity index (χ0) is 13.2. The average molecular weight is 272 g/mol. The van der Waals surface area contributed by atoms with Gasteiger partial charge in [-0.15, -0.1) is 11.6 Å². The largest absolute Gasteiger partial charge is 0.389 e. The summed E-state index contributed by atoms with van der Waals surface area (Å²) in [6, 6.07) is 0. The van der Waals surface area contributed by atoms with Gasteiger partial charge in [0.1, 0.15) is 0 Å². The molecule has 0 radical (unpaired) electrons. The molecule has 0 aliphatic carbocycles. The Labute approximate surface area is 103 Å². The quantitative estimate of drug-likeness (QED) is 0.717. The third-order valence-electron chi connectivity index (χ3n) is 2.71. The Balaban J connectivity index is 4.73. The zero-order valence-electron chi connectivity index (χ0n) is 10.5. The van der Waals surface area contributed by atoms with Crippen molar-refractivity contribution in [1.82, 2.24) is 4.72 Å². The van der Waals surface area contributed by atoms with Crippen molar-refractivity contribution in [2.24, 2.45) is 5.92 Å². The van der Waals surface area contributed by atoms with Crippen LogP contribution in [-0.2, 0) is 10.0 Å². The third kappa shape index (κ3) is 4.99. The van der Waals surface area contributed by atoms with Gasteiger partial charge in [0.05, 0.1) is 16.9 Å². The van der Waals surface area contributed by atoms with E-state index >= 15 is 0 Å². The molecule has 0 saturated heterocycles. The van der Waals surface area contributed by atoms with E-state index in [4.69, 9.17) is 11.6 Å². The van der Waals surface area contributed by atoms with Crippen LogP contribution in [-0.4, -0.2) is 36.3 Å². The summed E-state index contributed by atoms with van der Waals surface area (Å²) in [5.74, 6) is 0.150. The summed E-state index contributed by atoms with van der Waals surface area (Å²) in [4.78, 5) is 0. The summed E-state index contributed by atoms with van der Waals surface area (Å²) in [6.45, 7) is 8.20. The van der Waals surface area contributed by atoms with Gasteiger partial charge in [0.15, 0.2) is 0 Å². The maximum absolute atomic E-state index is 11.8. The molecule has 0 aromatic rings. The van der Waals surface area contributed by atoms with Crippen LogP contribution in [0.5, 0.6) is 0 Å². The summed E-state index contributed by atoms with van der Waals surface area (Å²) in [7, 11) is -3.43. The lowest BCUT2D eigenvalue weighted by atomic mass is 9.87. The maximum Gasteiger partial charge on any atom is 0.212 e. The average Bonchev–Trinajstić information content (AvgIpc) is 1.98. The van der Waals surface area contributed by atoms with E-state index in [1.165, 1.54) is 0 Å². The van der Waals surface area contributed by atoms with Crippen molar-refractivity contribution in [3.63, 3.8) is 0 Å². The van der Waals surface area contributed by atoms with Gasteiger partial charge >= 0.3 is 0 Å². The van der Waals surface area contributed by atoms with Crippen LogP contribution in [0, 0.1) is 5.92 Å². The lowest BCUT2D eigenvalue weighted by Crippen LogP contribution is -2.58. The highest BCUT2D eigenvalue weighted by Crippen LogP contribution is 2.22. The van der Waals surface area contributed by atoms with Gasteiger partial charge in [-0.05, 0) is 33.6 Å². The normalized spacial score (nSPS) is 16.2. The highest BCUT2D eigenvalue weighted by atomic mass is 35.5. The van der Waals surface area contributed by atoms with Crippen molar-refractivity contribution in [3.8, 4) is 0 Å². The number of halogens is 1. The van der Waals surface area contributed by atoms with Crippen LogP contribution in [0.15, 0.2) is 0 Å². The molecule has 0 amide bonds. The number of hydrogen-bond donors (Lipinski definition) is 2. The lowest BCUT2D eigenvalue weighted by Gasteiger charge is -2.37. The molecule has 0 aromatic heterocycles. The molecule has 0 aliphatic heterocycles. The molecule has 0 rings (SSSR count). The molecule has 0 bridgehead atoms. The second kappa shape index (κ2) is 5.21. The maximum atomic E-state index is 11.8. The number of hydrogen-bond acceptors (Lipinski definition) is 3. The zero-order valence-corrected chi connectivity index (χ0v) is 12.1. The molecule has 4 nitrogen and oxygen atoms in total. The van der Waals surface area contributed by atoms with Crippen molar-refractivity contribution < 1.29 is 13.5 Å². The van der Waals surface area contributed by atoms with Gasteiger partial charge in [0.25, 0.3) is 0 Å². The van der Waals surface area contributed by atoms with E-state index in [0.29, 0.717) is 5.88 Å². The molecule has 0 fully saturated rings. The Morgan fingerprint density at radius 1 is 1.31 bits per heavy atom.